The lowest BCUT2D eigenvalue weighted by Gasteiger charge is -2.03. The standard InChI is InChI=1S/C7H6N2O2.C7H7NO4.2CH4/c1-11-6-2-3-9-5(4-8)7(6)10;1-12-4-2-3-8-5(6(4)9)7(10)11;;/h2-3,10H,1H3;2-3,9H,1H3,(H,10,11);2*1H4. The summed E-state index contributed by atoms with van der Waals surface area (Å²) in [5.41, 5.74) is -0.432. The second-order valence-corrected chi connectivity index (χ2v) is 3.84. The van der Waals surface area contributed by atoms with Gasteiger partial charge in [-0.1, -0.05) is 14.9 Å². The van der Waals surface area contributed by atoms with E-state index >= 15 is 0 Å². The number of nitriles is 1. The van der Waals surface area contributed by atoms with E-state index < -0.39 is 17.4 Å². The van der Waals surface area contributed by atoms with Crippen molar-refractivity contribution in [3.8, 4) is 29.1 Å². The van der Waals surface area contributed by atoms with Gasteiger partial charge in [-0.2, -0.15) is 5.26 Å². The third-order valence-corrected chi connectivity index (χ3v) is 2.52. The summed E-state index contributed by atoms with van der Waals surface area (Å²) in [6.45, 7) is 0. The molecule has 2 rings (SSSR count). The van der Waals surface area contributed by atoms with Crippen molar-refractivity contribution in [3.05, 3.63) is 35.9 Å². The highest BCUT2D eigenvalue weighted by Crippen LogP contribution is 2.27. The Morgan fingerprint density at radius 1 is 1.04 bits per heavy atom. The van der Waals surface area contributed by atoms with Gasteiger partial charge in [-0.3, -0.25) is 0 Å². The number of carboxylic acids is 1. The van der Waals surface area contributed by atoms with Gasteiger partial charge in [0, 0.05) is 24.5 Å². The van der Waals surface area contributed by atoms with Gasteiger partial charge in [0.2, 0.25) is 0 Å². The lowest BCUT2D eigenvalue weighted by Crippen LogP contribution is -2.01. The van der Waals surface area contributed by atoms with Crippen molar-refractivity contribution in [2.24, 2.45) is 0 Å². The molecule has 136 valence electrons. The second kappa shape index (κ2) is 11.1. The average molecular weight is 351 g/mol. The summed E-state index contributed by atoms with van der Waals surface area (Å²) in [6, 6.07) is 4.59. The summed E-state index contributed by atoms with van der Waals surface area (Å²) in [7, 11) is 2.75. The minimum Gasteiger partial charge on any atom is -0.503 e. The quantitative estimate of drug-likeness (QED) is 0.758. The number of ether oxygens (including phenoxy) is 2. The van der Waals surface area contributed by atoms with Crippen LogP contribution in [-0.2, 0) is 0 Å². The van der Waals surface area contributed by atoms with Gasteiger partial charge in [0.1, 0.15) is 6.07 Å². The number of aromatic nitrogens is 2. The predicted molar refractivity (Wildman–Crippen MR) is 90.0 cm³/mol. The van der Waals surface area contributed by atoms with E-state index in [1.807, 2.05) is 0 Å². The highest BCUT2D eigenvalue weighted by Gasteiger charge is 2.14. The van der Waals surface area contributed by atoms with Gasteiger partial charge in [-0.25, -0.2) is 14.8 Å². The third kappa shape index (κ3) is 5.87. The summed E-state index contributed by atoms with van der Waals surface area (Å²) >= 11 is 0. The molecule has 9 nitrogen and oxygen atoms in total. The van der Waals surface area contributed by atoms with Crippen LogP contribution in [0.15, 0.2) is 24.5 Å². The van der Waals surface area contributed by atoms with Gasteiger partial charge < -0.3 is 24.8 Å². The maximum Gasteiger partial charge on any atom is 0.358 e. The minimum absolute atomic E-state index is 0. The Balaban J connectivity index is 0. The van der Waals surface area contributed by atoms with E-state index in [4.69, 9.17) is 15.1 Å². The maximum absolute atomic E-state index is 10.4. The zero-order chi connectivity index (χ0) is 17.4. The SMILES string of the molecule is C.C.COc1ccnc(C#N)c1O.COc1ccnc(C(=O)O)c1O. The first kappa shape index (κ1) is 23.7. The molecule has 0 aliphatic carbocycles. The lowest BCUT2D eigenvalue weighted by molar-refractivity contribution is 0.0686. The number of carbonyl (C=O) groups is 1. The van der Waals surface area contributed by atoms with Crippen molar-refractivity contribution in [3.63, 3.8) is 0 Å². The fourth-order valence-corrected chi connectivity index (χ4v) is 1.44. The van der Waals surface area contributed by atoms with E-state index in [2.05, 4.69) is 14.7 Å². The van der Waals surface area contributed by atoms with Crippen LogP contribution < -0.4 is 9.47 Å². The Morgan fingerprint density at radius 3 is 1.96 bits per heavy atom. The summed E-state index contributed by atoms with van der Waals surface area (Å²) in [6.07, 6.45) is 2.65. The first-order valence-electron chi connectivity index (χ1n) is 6.03. The van der Waals surface area contributed by atoms with Crippen molar-refractivity contribution in [2.75, 3.05) is 14.2 Å². The number of aromatic hydroxyl groups is 2. The highest BCUT2D eigenvalue weighted by atomic mass is 16.5. The Kier molecular flexibility index (Phi) is 10.5. The van der Waals surface area contributed by atoms with E-state index in [0.29, 0.717) is 0 Å². The van der Waals surface area contributed by atoms with Crippen LogP contribution in [0.5, 0.6) is 23.0 Å². The minimum atomic E-state index is -1.29. The Bertz CT molecular complexity index is 743. The molecule has 0 saturated heterocycles. The van der Waals surface area contributed by atoms with Crippen molar-refractivity contribution >= 4 is 5.97 Å². The molecule has 3 N–H and O–H groups in total. The predicted octanol–water partition coefficient (Wildman–Crippen LogP) is 2.43. The molecule has 2 heterocycles. The van der Waals surface area contributed by atoms with E-state index in [-0.39, 0.29) is 37.8 Å². The number of rotatable bonds is 3. The van der Waals surface area contributed by atoms with Crippen LogP contribution in [0.1, 0.15) is 31.0 Å². The molecule has 0 unspecified atom stereocenters. The average Bonchev–Trinajstić information content (AvgIpc) is 2.55. The largest absolute Gasteiger partial charge is 0.503 e. The van der Waals surface area contributed by atoms with Crippen LogP contribution in [0.2, 0.25) is 0 Å². The summed E-state index contributed by atoms with van der Waals surface area (Å²) in [4.78, 5) is 17.5. The van der Waals surface area contributed by atoms with Crippen molar-refractivity contribution in [1.82, 2.24) is 9.97 Å². The molecule has 0 aliphatic rings. The summed E-state index contributed by atoms with van der Waals surface area (Å²) < 4.78 is 9.43. The van der Waals surface area contributed by atoms with Crippen molar-refractivity contribution in [1.29, 1.82) is 5.26 Å². The molecule has 0 fully saturated rings. The number of aromatic carboxylic acids is 1. The number of methoxy groups -OCH3 is 2. The molecule has 0 atom stereocenters. The maximum atomic E-state index is 10.4. The molecule has 0 saturated carbocycles. The second-order valence-electron chi connectivity index (χ2n) is 3.84. The number of hydrogen-bond donors (Lipinski definition) is 3. The molecule has 2 aromatic rings. The molecule has 2 aromatic heterocycles. The number of pyridine rings is 2. The van der Waals surface area contributed by atoms with Gasteiger partial charge in [-0.15, -0.1) is 0 Å². The van der Waals surface area contributed by atoms with Crippen LogP contribution in [0, 0.1) is 11.3 Å². The Morgan fingerprint density at radius 2 is 1.52 bits per heavy atom. The molecule has 0 amide bonds. The molecule has 0 radical (unpaired) electrons. The molecular weight excluding hydrogens is 330 g/mol. The van der Waals surface area contributed by atoms with E-state index in [1.54, 1.807) is 6.07 Å². The zero-order valence-corrected chi connectivity index (χ0v) is 12.2. The molecule has 9 heteroatoms. The van der Waals surface area contributed by atoms with Crippen LogP contribution >= 0.6 is 0 Å². The van der Waals surface area contributed by atoms with Crippen molar-refractivity contribution in [2.45, 2.75) is 14.9 Å². The van der Waals surface area contributed by atoms with E-state index in [1.165, 1.54) is 38.7 Å². The van der Waals surface area contributed by atoms with Gasteiger partial charge in [-0.05, 0) is 0 Å². The summed E-state index contributed by atoms with van der Waals surface area (Å²) in [5, 5.41) is 35.3. The Labute approximate surface area is 145 Å². The van der Waals surface area contributed by atoms with E-state index in [0.717, 1.165) is 0 Å². The first-order chi connectivity index (χ1) is 11.0. The van der Waals surface area contributed by atoms with Crippen LogP contribution in [-0.4, -0.2) is 45.5 Å². The van der Waals surface area contributed by atoms with Crippen LogP contribution in [0.25, 0.3) is 0 Å². The van der Waals surface area contributed by atoms with E-state index in [9.17, 15) is 15.0 Å². The highest BCUT2D eigenvalue weighted by molar-refractivity contribution is 5.89. The van der Waals surface area contributed by atoms with Gasteiger partial charge in [0.05, 0.1) is 14.2 Å². The monoisotopic (exact) mass is 351 g/mol. The third-order valence-electron chi connectivity index (χ3n) is 2.52. The fourth-order valence-electron chi connectivity index (χ4n) is 1.44. The molecule has 0 bridgehead atoms. The van der Waals surface area contributed by atoms with Crippen LogP contribution in [0.4, 0.5) is 0 Å². The zero-order valence-electron chi connectivity index (χ0n) is 12.2. The lowest BCUT2D eigenvalue weighted by atomic mass is 10.3. The van der Waals surface area contributed by atoms with Gasteiger partial charge >= 0.3 is 5.97 Å². The smallest absolute Gasteiger partial charge is 0.358 e. The first-order valence-corrected chi connectivity index (χ1v) is 6.03. The normalized spacial score (nSPS) is 8.36. The summed E-state index contributed by atoms with van der Waals surface area (Å²) in [5.74, 6) is -1.59. The number of nitrogens with zero attached hydrogens (tertiary/aromatic N) is 3. The van der Waals surface area contributed by atoms with Gasteiger partial charge in [0.25, 0.3) is 0 Å². The molecule has 0 aromatic carbocycles. The number of hydrogen-bond acceptors (Lipinski definition) is 8. The Hall–Kier alpha value is -3.54. The fraction of sp³-hybridized carbons (Fsp3) is 0.250. The molecule has 0 aliphatic heterocycles. The molecular formula is C16H21N3O6. The topological polar surface area (TPSA) is 146 Å². The molecule has 25 heavy (non-hydrogen) atoms. The van der Waals surface area contributed by atoms with Crippen molar-refractivity contribution < 1.29 is 29.6 Å². The molecule has 0 spiro atoms. The number of carboxylic acid groups (broad SMARTS) is 1. The van der Waals surface area contributed by atoms with Gasteiger partial charge in [0.15, 0.2) is 34.4 Å². The van der Waals surface area contributed by atoms with Crippen LogP contribution in [0.3, 0.4) is 0 Å².